The van der Waals surface area contributed by atoms with Gasteiger partial charge in [0.1, 0.15) is 0 Å². The van der Waals surface area contributed by atoms with Crippen LogP contribution >= 0.6 is 11.3 Å². The highest BCUT2D eigenvalue weighted by atomic mass is 32.1. The summed E-state index contributed by atoms with van der Waals surface area (Å²) in [5, 5.41) is 5.29. The van der Waals surface area contributed by atoms with Crippen molar-refractivity contribution in [1.82, 2.24) is 4.57 Å². The predicted octanol–water partition coefficient (Wildman–Crippen LogP) is 10.1. The van der Waals surface area contributed by atoms with Crippen molar-refractivity contribution in [2.24, 2.45) is 0 Å². The molecule has 0 saturated carbocycles. The molecule has 4 heteroatoms. The van der Waals surface area contributed by atoms with Gasteiger partial charge in [0, 0.05) is 54.4 Å². The summed E-state index contributed by atoms with van der Waals surface area (Å²) in [6, 6.07) is 56.1. The Hall–Kier alpha value is -5.58. The zero-order valence-corrected chi connectivity index (χ0v) is 25.6. The van der Waals surface area contributed by atoms with Gasteiger partial charge in [-0.2, -0.15) is 0 Å². The van der Waals surface area contributed by atoms with Crippen LogP contribution in [0.1, 0.15) is 0 Å². The molecule has 0 spiro atoms. The molecule has 11 rings (SSSR count). The molecule has 0 aliphatic carbocycles. The summed E-state index contributed by atoms with van der Waals surface area (Å²) >= 11 is 1.93. The van der Waals surface area contributed by atoms with Crippen molar-refractivity contribution < 1.29 is 0 Å². The lowest BCUT2D eigenvalue weighted by Gasteiger charge is -2.43. The summed E-state index contributed by atoms with van der Waals surface area (Å²) in [4.78, 5) is 2.58. The molecule has 0 amide bonds. The lowest BCUT2D eigenvalue weighted by atomic mass is 9.43. The van der Waals surface area contributed by atoms with Gasteiger partial charge in [0.2, 0.25) is 0 Å². The third kappa shape index (κ3) is 3.07. The zero-order valence-electron chi connectivity index (χ0n) is 24.8. The minimum absolute atomic E-state index is 0.0925. The van der Waals surface area contributed by atoms with Gasteiger partial charge in [0.05, 0.1) is 15.7 Å². The maximum atomic E-state index is 2.58. The van der Waals surface area contributed by atoms with E-state index < -0.39 is 0 Å². The second kappa shape index (κ2) is 9.00. The number of para-hydroxylation sites is 4. The standard InChI is InChI=1S/C42H25BN2S/c1-2-12-26(13-3-1)44-35-19-9-5-16-29(35)30-22-23-32-40-38(46-42(32)41(30)44)25-24-34-39(40)31-17-7-11-21-37(31)45-36-20-10-6-15-28(36)27-14-4-8-18-33(27)43(34)45/h1-25H. The average Bonchev–Trinajstić information content (AvgIpc) is 3.68. The molecule has 0 saturated heterocycles. The molecular formula is C42H25BN2S. The van der Waals surface area contributed by atoms with Crippen molar-refractivity contribution in [2.75, 3.05) is 4.81 Å². The first-order valence-electron chi connectivity index (χ1n) is 15.9. The fraction of sp³-hybridized carbons (Fsp3) is 0. The van der Waals surface area contributed by atoms with E-state index in [1.165, 1.54) is 92.2 Å². The van der Waals surface area contributed by atoms with E-state index in [1.807, 2.05) is 11.3 Å². The van der Waals surface area contributed by atoms with Crippen LogP contribution < -0.4 is 15.7 Å². The second-order valence-corrected chi connectivity index (χ2v) is 13.5. The van der Waals surface area contributed by atoms with E-state index >= 15 is 0 Å². The van der Waals surface area contributed by atoms with E-state index in [1.54, 1.807) is 0 Å². The molecule has 7 aromatic carbocycles. The largest absolute Gasteiger partial charge is 0.376 e. The van der Waals surface area contributed by atoms with Gasteiger partial charge in [-0.15, -0.1) is 11.3 Å². The zero-order chi connectivity index (χ0) is 29.9. The molecule has 0 atom stereocenters. The van der Waals surface area contributed by atoms with Crippen LogP contribution in [-0.2, 0) is 0 Å². The predicted molar refractivity (Wildman–Crippen MR) is 198 cm³/mol. The van der Waals surface area contributed by atoms with Gasteiger partial charge in [-0.05, 0) is 58.5 Å². The van der Waals surface area contributed by atoms with Crippen LogP contribution in [-0.4, -0.2) is 11.4 Å². The van der Waals surface area contributed by atoms with Gasteiger partial charge in [0.15, 0.2) is 0 Å². The number of aromatic nitrogens is 1. The van der Waals surface area contributed by atoms with Crippen LogP contribution in [0.15, 0.2) is 152 Å². The molecule has 212 valence electrons. The summed E-state index contributed by atoms with van der Waals surface area (Å²) < 4.78 is 5.15. The van der Waals surface area contributed by atoms with E-state index in [4.69, 9.17) is 0 Å². The molecule has 2 aromatic heterocycles. The van der Waals surface area contributed by atoms with Crippen molar-refractivity contribution >= 4 is 82.5 Å². The van der Waals surface area contributed by atoms with Gasteiger partial charge in [-0.25, -0.2) is 0 Å². The maximum absolute atomic E-state index is 2.58. The summed E-state index contributed by atoms with van der Waals surface area (Å²) in [6.07, 6.45) is 0. The molecule has 0 unspecified atom stereocenters. The van der Waals surface area contributed by atoms with Crippen LogP contribution in [0.4, 0.5) is 11.4 Å². The van der Waals surface area contributed by atoms with Gasteiger partial charge in [-0.1, -0.05) is 115 Å². The van der Waals surface area contributed by atoms with Crippen molar-refractivity contribution in [2.45, 2.75) is 0 Å². The molecule has 0 fully saturated rings. The number of hydrogen-bond donors (Lipinski definition) is 0. The van der Waals surface area contributed by atoms with Gasteiger partial charge in [-0.3, -0.25) is 0 Å². The summed E-state index contributed by atoms with van der Waals surface area (Å²) in [5.41, 5.74) is 14.3. The number of nitrogens with zero attached hydrogens (tertiary/aromatic N) is 2. The van der Waals surface area contributed by atoms with Crippen molar-refractivity contribution in [3.63, 3.8) is 0 Å². The van der Waals surface area contributed by atoms with Crippen molar-refractivity contribution in [3.05, 3.63) is 152 Å². The molecule has 9 aromatic rings. The first-order chi connectivity index (χ1) is 22.9. The van der Waals surface area contributed by atoms with Crippen LogP contribution in [0.5, 0.6) is 0 Å². The Morgan fingerprint density at radius 3 is 2.02 bits per heavy atom. The third-order valence-corrected chi connectivity index (χ3v) is 11.4. The van der Waals surface area contributed by atoms with E-state index in [9.17, 15) is 0 Å². The minimum Gasteiger partial charge on any atom is -0.376 e. The normalized spacial score (nSPS) is 13.1. The Bertz CT molecular complexity index is 2720. The first-order valence-corrected chi connectivity index (χ1v) is 16.7. The molecule has 0 radical (unpaired) electrons. The lowest BCUT2D eigenvalue weighted by molar-refractivity contribution is 1.19. The van der Waals surface area contributed by atoms with Crippen LogP contribution in [0, 0.1) is 0 Å². The van der Waals surface area contributed by atoms with Crippen LogP contribution in [0.3, 0.4) is 0 Å². The SMILES string of the molecule is c1ccc(-n2c3ccccc3c3ccc4c(sc5ccc6c(c54)-c4ccccc4N4B6c5ccccc5-c5ccccc54)c32)cc1. The van der Waals surface area contributed by atoms with Gasteiger partial charge >= 0.3 is 6.85 Å². The van der Waals surface area contributed by atoms with Gasteiger partial charge in [0.25, 0.3) is 0 Å². The minimum atomic E-state index is 0.0925. The molecule has 0 bridgehead atoms. The number of anilines is 2. The molecule has 2 nitrogen and oxygen atoms in total. The molecular weight excluding hydrogens is 575 g/mol. The van der Waals surface area contributed by atoms with Crippen LogP contribution in [0.2, 0.25) is 0 Å². The van der Waals surface area contributed by atoms with Crippen molar-refractivity contribution in [3.8, 4) is 27.9 Å². The average molecular weight is 601 g/mol. The number of rotatable bonds is 1. The number of thiophene rings is 1. The Labute approximate surface area is 270 Å². The highest BCUT2D eigenvalue weighted by Crippen LogP contribution is 2.50. The highest BCUT2D eigenvalue weighted by Gasteiger charge is 2.42. The van der Waals surface area contributed by atoms with E-state index in [0.29, 0.717) is 0 Å². The topological polar surface area (TPSA) is 8.17 Å². The Morgan fingerprint density at radius 2 is 1.15 bits per heavy atom. The third-order valence-electron chi connectivity index (χ3n) is 10.2. The Kier molecular flexibility index (Phi) is 4.83. The molecule has 46 heavy (non-hydrogen) atoms. The number of benzene rings is 7. The second-order valence-electron chi connectivity index (χ2n) is 12.4. The van der Waals surface area contributed by atoms with Crippen molar-refractivity contribution in [1.29, 1.82) is 0 Å². The smallest absolute Gasteiger partial charge is 0.329 e. The quantitative estimate of drug-likeness (QED) is 0.170. The van der Waals surface area contributed by atoms with Crippen LogP contribution in [0.25, 0.3) is 69.9 Å². The molecule has 4 heterocycles. The highest BCUT2D eigenvalue weighted by molar-refractivity contribution is 7.27. The monoisotopic (exact) mass is 600 g/mol. The van der Waals surface area contributed by atoms with Gasteiger partial charge < -0.3 is 9.38 Å². The van der Waals surface area contributed by atoms with E-state index in [0.717, 1.165) is 0 Å². The number of hydrogen-bond acceptors (Lipinski definition) is 2. The fourth-order valence-corrected chi connectivity index (χ4v) is 9.64. The number of fused-ring (bicyclic) bond motifs is 19. The Balaban J connectivity index is 1.29. The molecule has 2 aliphatic heterocycles. The summed E-state index contributed by atoms with van der Waals surface area (Å²) in [7, 11) is 0. The fourth-order valence-electron chi connectivity index (χ4n) is 8.39. The lowest BCUT2D eigenvalue weighted by Crippen LogP contribution is -2.59. The van der Waals surface area contributed by atoms with E-state index in [2.05, 4.69) is 161 Å². The molecule has 0 N–H and O–H groups in total. The maximum Gasteiger partial charge on any atom is 0.329 e. The van der Waals surface area contributed by atoms with E-state index in [-0.39, 0.29) is 6.85 Å². The summed E-state index contributed by atoms with van der Waals surface area (Å²) in [5.74, 6) is 0. The first kappa shape index (κ1) is 24.7. The molecule has 2 aliphatic rings. The Morgan fingerprint density at radius 1 is 0.478 bits per heavy atom. The summed E-state index contributed by atoms with van der Waals surface area (Å²) in [6.45, 7) is 0.0925.